The number of aromatic nitrogens is 3. The number of aliphatic hydroxyl groups is 2. The predicted octanol–water partition coefficient (Wildman–Crippen LogP) is 0.996. The Morgan fingerprint density at radius 3 is 2.45 bits per heavy atom. The second-order valence-electron chi connectivity index (χ2n) is 7.58. The summed E-state index contributed by atoms with van der Waals surface area (Å²) >= 11 is 0. The molecule has 1 aliphatic rings. The first kappa shape index (κ1) is 22.6. The molecule has 0 unspecified atom stereocenters. The maximum absolute atomic E-state index is 12.4. The summed E-state index contributed by atoms with van der Waals surface area (Å²) in [6.07, 6.45) is 1.67. The molecule has 1 aliphatic heterocycles. The summed E-state index contributed by atoms with van der Waals surface area (Å²) in [5, 5.41) is 28.2. The Hall–Kier alpha value is -3.54. The number of pyridine rings is 1. The number of fused-ring (bicyclic) bond motifs is 1. The van der Waals surface area contributed by atoms with Gasteiger partial charge >= 0.3 is 6.03 Å². The molecule has 3 heterocycles. The van der Waals surface area contributed by atoms with Crippen LogP contribution in [0, 0.1) is 0 Å². The van der Waals surface area contributed by atoms with E-state index in [-0.39, 0.29) is 26.3 Å². The van der Waals surface area contributed by atoms with Gasteiger partial charge in [-0.25, -0.2) is 14.8 Å². The Bertz CT molecular complexity index is 1070. The summed E-state index contributed by atoms with van der Waals surface area (Å²) in [7, 11) is 0. The molecular formula is C22H28N8O3. The minimum atomic E-state index is -0.457. The van der Waals surface area contributed by atoms with E-state index in [2.05, 4.69) is 47.9 Å². The van der Waals surface area contributed by atoms with E-state index < -0.39 is 6.03 Å². The molecule has 0 aliphatic carbocycles. The number of nitrogens with zero attached hydrogens (tertiary/aromatic N) is 5. The topological polar surface area (TPSA) is 139 Å². The van der Waals surface area contributed by atoms with Gasteiger partial charge in [0.15, 0.2) is 5.65 Å². The van der Waals surface area contributed by atoms with Gasteiger partial charge in [0.25, 0.3) is 0 Å². The van der Waals surface area contributed by atoms with Crippen LogP contribution in [0.1, 0.15) is 0 Å². The highest BCUT2D eigenvalue weighted by molar-refractivity contribution is 5.89. The fraction of sp³-hybridized carbons (Fsp3) is 0.364. The Morgan fingerprint density at radius 1 is 1.03 bits per heavy atom. The molecule has 0 bridgehead atoms. The van der Waals surface area contributed by atoms with Crippen LogP contribution in [-0.2, 0) is 0 Å². The first-order valence-corrected chi connectivity index (χ1v) is 10.9. The van der Waals surface area contributed by atoms with Gasteiger partial charge in [-0.1, -0.05) is 0 Å². The van der Waals surface area contributed by atoms with Gasteiger partial charge in [-0.3, -0.25) is 5.32 Å². The van der Waals surface area contributed by atoms with Crippen LogP contribution in [0.4, 0.5) is 27.9 Å². The lowest BCUT2D eigenvalue weighted by Crippen LogP contribution is -2.43. The zero-order chi connectivity index (χ0) is 23.0. The smallest absolute Gasteiger partial charge is 0.323 e. The van der Waals surface area contributed by atoms with Crippen molar-refractivity contribution in [2.45, 2.75) is 0 Å². The fourth-order valence-corrected chi connectivity index (χ4v) is 3.59. The number of benzene rings is 1. The molecule has 0 saturated carbocycles. The molecule has 1 fully saturated rings. The molecule has 3 aromatic rings. The highest BCUT2D eigenvalue weighted by Gasteiger charge is 2.14. The molecule has 11 heteroatoms. The van der Waals surface area contributed by atoms with Gasteiger partial charge in [-0.05, 0) is 36.4 Å². The summed E-state index contributed by atoms with van der Waals surface area (Å²) in [4.78, 5) is 29.3. The van der Waals surface area contributed by atoms with Crippen molar-refractivity contribution in [2.75, 3.05) is 68.0 Å². The van der Waals surface area contributed by atoms with Crippen LogP contribution in [0.15, 0.2) is 42.6 Å². The molecule has 11 nitrogen and oxygen atoms in total. The average molecular weight is 453 g/mol. The Morgan fingerprint density at radius 2 is 1.76 bits per heavy atom. The fourth-order valence-electron chi connectivity index (χ4n) is 3.59. The lowest BCUT2D eigenvalue weighted by atomic mass is 10.2. The van der Waals surface area contributed by atoms with E-state index in [1.165, 1.54) is 10.6 Å². The summed E-state index contributed by atoms with van der Waals surface area (Å²) in [5.41, 5.74) is 2.47. The number of piperazine rings is 1. The summed E-state index contributed by atoms with van der Waals surface area (Å²) < 4.78 is 0. The van der Waals surface area contributed by atoms with Gasteiger partial charge in [-0.2, -0.15) is 4.98 Å². The van der Waals surface area contributed by atoms with Crippen molar-refractivity contribution in [1.82, 2.24) is 25.2 Å². The van der Waals surface area contributed by atoms with Crippen molar-refractivity contribution in [2.24, 2.45) is 0 Å². The Labute approximate surface area is 191 Å². The monoisotopic (exact) mass is 452 g/mol. The third-order valence-corrected chi connectivity index (χ3v) is 5.31. The lowest BCUT2D eigenvalue weighted by Gasteiger charge is -2.29. The second kappa shape index (κ2) is 10.9. The van der Waals surface area contributed by atoms with E-state index >= 15 is 0 Å². The maximum atomic E-state index is 12.4. The largest absolute Gasteiger partial charge is 0.395 e. The van der Waals surface area contributed by atoms with E-state index in [4.69, 9.17) is 10.2 Å². The number of carbonyl (C=O) groups excluding carboxylic acids is 1. The van der Waals surface area contributed by atoms with Crippen molar-refractivity contribution in [3.8, 4) is 0 Å². The minimum Gasteiger partial charge on any atom is -0.395 e. The number of carbonyl (C=O) groups is 1. The van der Waals surface area contributed by atoms with E-state index in [1.807, 2.05) is 12.1 Å². The summed E-state index contributed by atoms with van der Waals surface area (Å²) in [5.74, 6) is 0.717. The minimum absolute atomic E-state index is 0.115. The summed E-state index contributed by atoms with van der Waals surface area (Å²) in [6.45, 7) is 3.79. The normalized spacial score (nSPS) is 13.7. The molecule has 174 valence electrons. The third kappa shape index (κ3) is 5.83. The number of amides is 2. The van der Waals surface area contributed by atoms with Crippen molar-refractivity contribution in [1.29, 1.82) is 0 Å². The second-order valence-corrected chi connectivity index (χ2v) is 7.58. The number of urea groups is 1. The summed E-state index contributed by atoms with van der Waals surface area (Å²) in [6, 6.07) is 11.1. The lowest BCUT2D eigenvalue weighted by molar-refractivity contribution is 0.167. The molecule has 1 saturated heterocycles. The quantitative estimate of drug-likeness (QED) is 0.339. The van der Waals surface area contributed by atoms with Gasteiger partial charge in [-0.15, -0.1) is 0 Å². The van der Waals surface area contributed by atoms with Crippen LogP contribution < -0.4 is 20.9 Å². The number of anilines is 4. The first-order chi connectivity index (χ1) is 16.2. The van der Waals surface area contributed by atoms with Crippen LogP contribution in [0.5, 0.6) is 0 Å². The van der Waals surface area contributed by atoms with Crippen LogP contribution in [0.3, 0.4) is 0 Å². The highest BCUT2D eigenvalue weighted by atomic mass is 16.3. The zero-order valence-electron chi connectivity index (χ0n) is 18.2. The number of rotatable bonds is 8. The van der Waals surface area contributed by atoms with Crippen molar-refractivity contribution >= 4 is 40.2 Å². The van der Waals surface area contributed by atoms with Gasteiger partial charge in [0.1, 0.15) is 5.82 Å². The van der Waals surface area contributed by atoms with E-state index in [0.29, 0.717) is 17.4 Å². The van der Waals surface area contributed by atoms with Crippen LogP contribution in [0.2, 0.25) is 0 Å². The number of hydrogen-bond donors (Lipinski definition) is 5. The predicted molar refractivity (Wildman–Crippen MR) is 127 cm³/mol. The molecule has 33 heavy (non-hydrogen) atoms. The van der Waals surface area contributed by atoms with Gasteiger partial charge in [0.2, 0.25) is 5.95 Å². The Balaban J connectivity index is 1.45. The SMILES string of the molecule is O=C(Nc1ccc2cnc(Nc3ccc(N4CCNCC4)cc3)nc2n1)N(CCO)CCO. The van der Waals surface area contributed by atoms with Crippen LogP contribution >= 0.6 is 0 Å². The molecule has 0 atom stereocenters. The van der Waals surface area contributed by atoms with Gasteiger partial charge in [0.05, 0.1) is 13.2 Å². The molecular weight excluding hydrogens is 424 g/mol. The first-order valence-electron chi connectivity index (χ1n) is 10.9. The Kier molecular flexibility index (Phi) is 7.45. The molecule has 4 rings (SSSR count). The van der Waals surface area contributed by atoms with Crippen LogP contribution in [0.25, 0.3) is 11.0 Å². The molecule has 1 aromatic carbocycles. The average Bonchev–Trinajstić information content (AvgIpc) is 2.85. The molecule has 0 radical (unpaired) electrons. The standard InChI is InChI=1S/C22H28N8O3/c31-13-11-30(12-14-32)22(33)27-19-6-1-16-15-24-21(28-20(16)26-19)25-17-2-4-18(5-3-17)29-9-7-23-8-10-29/h1-6,15,23,31-32H,7-14H2,(H2,24,25,26,27,28,33). The van der Waals surface area contributed by atoms with Gasteiger partial charge < -0.3 is 30.6 Å². The molecule has 2 aromatic heterocycles. The van der Waals surface area contributed by atoms with Crippen molar-refractivity contribution in [3.05, 3.63) is 42.6 Å². The van der Waals surface area contributed by atoms with E-state index in [0.717, 1.165) is 37.3 Å². The maximum Gasteiger partial charge on any atom is 0.323 e. The highest BCUT2D eigenvalue weighted by Crippen LogP contribution is 2.21. The zero-order valence-corrected chi connectivity index (χ0v) is 18.2. The molecule has 5 N–H and O–H groups in total. The third-order valence-electron chi connectivity index (χ3n) is 5.31. The van der Waals surface area contributed by atoms with E-state index in [1.54, 1.807) is 18.3 Å². The number of aliphatic hydroxyl groups excluding tert-OH is 2. The van der Waals surface area contributed by atoms with Gasteiger partial charge in [0, 0.05) is 62.2 Å². The molecule has 2 amide bonds. The van der Waals surface area contributed by atoms with Crippen molar-refractivity contribution in [3.63, 3.8) is 0 Å². The number of hydrogen-bond acceptors (Lipinski definition) is 9. The van der Waals surface area contributed by atoms with E-state index in [9.17, 15) is 4.79 Å². The number of nitrogens with one attached hydrogen (secondary N) is 3. The molecule has 0 spiro atoms. The van der Waals surface area contributed by atoms with Crippen molar-refractivity contribution < 1.29 is 15.0 Å². The van der Waals surface area contributed by atoms with Crippen LogP contribution in [-0.4, -0.2) is 88.6 Å².